The fourth-order valence-electron chi connectivity index (χ4n) is 0. The average molecular weight is 129 g/mol. The predicted molar refractivity (Wildman–Crippen MR) is 17.0 cm³/mol. The lowest BCUT2D eigenvalue weighted by Crippen LogP contribution is -2.03. The molecule has 0 saturated heterocycles. The van der Waals surface area contributed by atoms with Gasteiger partial charge in [-0.05, 0) is 3.89 Å². The summed E-state index contributed by atoms with van der Waals surface area (Å²) in [6.07, 6.45) is 0. The van der Waals surface area contributed by atoms with Gasteiger partial charge >= 0.3 is 10.4 Å². The zero-order chi connectivity index (χ0) is 6.08. The van der Waals surface area contributed by atoms with Crippen LogP contribution in [0.4, 0.5) is 3.89 Å². The van der Waals surface area contributed by atoms with E-state index in [1.165, 1.54) is 0 Å². The topological polar surface area (TPSA) is 77.3 Å². The van der Waals surface area contributed by atoms with Gasteiger partial charge in [-0.3, -0.25) is 0 Å². The van der Waals surface area contributed by atoms with Crippen molar-refractivity contribution in [1.29, 1.82) is 0 Å². The van der Waals surface area contributed by atoms with E-state index in [-0.39, 0.29) is 0 Å². The van der Waals surface area contributed by atoms with Crippen LogP contribution in [0.5, 0.6) is 0 Å². The second-order valence-electron chi connectivity index (χ2n) is 0.636. The van der Waals surface area contributed by atoms with Crippen LogP contribution < -0.4 is 0 Å². The highest BCUT2D eigenvalue weighted by atomic mass is 32.3. The maximum absolute atomic E-state index is 10.8. The molecule has 7 heavy (non-hydrogen) atoms. The number of hydrogen-bond acceptors (Lipinski definition) is 4. The smallest absolute Gasteiger partial charge is 0.245 e. The second kappa shape index (κ2) is 1.41. The highest BCUT2D eigenvalue weighted by Gasteiger charge is 2.20. The van der Waals surface area contributed by atoms with Gasteiger partial charge in [-0.15, -0.1) is 8.42 Å². The summed E-state index contributed by atoms with van der Waals surface area (Å²) in [4.78, 5) is 8.86. The van der Waals surface area contributed by atoms with Crippen molar-refractivity contribution in [2.75, 3.05) is 0 Å². The van der Waals surface area contributed by atoms with Gasteiger partial charge < -0.3 is 0 Å². The first-order valence-electron chi connectivity index (χ1n) is 1.04. The van der Waals surface area contributed by atoms with Gasteiger partial charge in [0, 0.05) is 0 Å². The van der Waals surface area contributed by atoms with Gasteiger partial charge in [0.25, 0.3) is 0 Å². The summed E-state index contributed by atoms with van der Waals surface area (Å²) in [5.41, 5.74) is 0. The zero-order valence-corrected chi connectivity index (χ0v) is 3.68. The lowest BCUT2D eigenvalue weighted by molar-refractivity contribution is -0.312. The molecule has 0 aliphatic heterocycles. The number of rotatable bonds is 1. The van der Waals surface area contributed by atoms with E-state index in [0.29, 0.717) is 0 Å². The van der Waals surface area contributed by atoms with Crippen LogP contribution in [0.1, 0.15) is 0 Å². The molecular weight excluding hydrogens is 129 g/mol. The Balaban J connectivity index is 4.43. The van der Waals surface area contributed by atoms with Gasteiger partial charge in [-0.2, -0.15) is 0 Å². The normalized spacial score (nSPS) is 11.0. The molecule has 0 aliphatic carbocycles. The maximum Gasteiger partial charge on any atom is 0.607 e. The third-order valence-corrected chi connectivity index (χ3v) is 0.534. The Morgan fingerprint density at radius 1 is 1.57 bits per heavy atom. The van der Waals surface area contributed by atoms with Gasteiger partial charge in [0.1, 0.15) is 0 Å². The molecule has 42 valence electrons. The molecular formula is FNO4S. The summed E-state index contributed by atoms with van der Waals surface area (Å²) in [6.45, 7) is 0. The first-order chi connectivity index (χ1) is 2.94. The van der Waals surface area contributed by atoms with Crippen LogP contribution in [-0.2, 0) is 10.4 Å². The van der Waals surface area contributed by atoms with E-state index in [0.717, 1.165) is 0 Å². The summed E-state index contributed by atoms with van der Waals surface area (Å²) in [5.74, 6) is 0. The van der Waals surface area contributed by atoms with Crippen molar-refractivity contribution in [3.8, 4) is 0 Å². The predicted octanol–water partition coefficient (Wildman–Crippen LogP) is -0.523. The lowest BCUT2D eigenvalue weighted by Gasteiger charge is -1.73. The van der Waals surface area contributed by atoms with Crippen molar-refractivity contribution >= 4 is 10.4 Å². The highest BCUT2D eigenvalue weighted by molar-refractivity contribution is 7.80. The molecule has 0 saturated carbocycles. The number of hydrogen-bond donors (Lipinski definition) is 0. The number of nitro groups is 1. The van der Waals surface area contributed by atoms with E-state index in [4.69, 9.17) is 18.5 Å². The minimum absolute atomic E-state index is 2.01. The van der Waals surface area contributed by atoms with Crippen molar-refractivity contribution in [2.24, 2.45) is 0 Å². The SMILES string of the molecule is O=[N+]([O-])S(=O)(=O)F. The quantitative estimate of drug-likeness (QED) is 0.271. The van der Waals surface area contributed by atoms with Gasteiger partial charge in [0.15, 0.2) is 4.33 Å². The molecule has 0 aromatic heterocycles. The van der Waals surface area contributed by atoms with E-state index in [1.807, 2.05) is 0 Å². The fourth-order valence-corrected chi connectivity index (χ4v) is 0. The summed E-state index contributed by atoms with van der Waals surface area (Å²) < 4.78 is 26.7. The molecule has 0 heterocycles. The van der Waals surface area contributed by atoms with Crippen molar-refractivity contribution in [2.45, 2.75) is 0 Å². The molecule has 0 unspecified atom stereocenters. The molecule has 0 fully saturated rings. The molecule has 0 atom stereocenters. The largest absolute Gasteiger partial charge is 0.607 e. The lowest BCUT2D eigenvalue weighted by atomic mass is 13.4. The first kappa shape index (κ1) is 6.28. The number of halogens is 1. The second-order valence-corrected chi connectivity index (χ2v) is 1.76. The Morgan fingerprint density at radius 2 is 1.71 bits per heavy atom. The third kappa shape index (κ3) is 2.04. The number of nitrogens with zero attached hydrogens (tertiary/aromatic N) is 1. The van der Waals surface area contributed by atoms with Crippen LogP contribution in [0.15, 0.2) is 0 Å². The van der Waals surface area contributed by atoms with E-state index >= 15 is 0 Å². The summed E-state index contributed by atoms with van der Waals surface area (Å²) in [5, 5.41) is 8.86. The van der Waals surface area contributed by atoms with Crippen LogP contribution in [0.2, 0.25) is 0 Å². The molecule has 0 radical (unpaired) electrons. The maximum atomic E-state index is 10.8. The van der Waals surface area contributed by atoms with E-state index < -0.39 is 14.7 Å². The molecule has 0 aromatic carbocycles. The van der Waals surface area contributed by atoms with Crippen LogP contribution in [-0.4, -0.2) is 12.7 Å². The Bertz CT molecular complexity index is 166. The van der Waals surface area contributed by atoms with Gasteiger partial charge in [-0.25, -0.2) is 10.1 Å². The highest BCUT2D eigenvalue weighted by Crippen LogP contribution is 1.87. The Labute approximate surface area is 38.2 Å². The van der Waals surface area contributed by atoms with Gasteiger partial charge in [-0.1, -0.05) is 0 Å². The fraction of sp³-hybridized carbons (Fsp3) is 0. The van der Waals surface area contributed by atoms with Crippen LogP contribution in [0.25, 0.3) is 0 Å². The van der Waals surface area contributed by atoms with E-state index in [9.17, 15) is 3.89 Å². The molecule has 0 bridgehead atoms. The van der Waals surface area contributed by atoms with E-state index in [2.05, 4.69) is 0 Å². The van der Waals surface area contributed by atoms with Crippen LogP contribution >= 0.6 is 0 Å². The Morgan fingerprint density at radius 3 is 1.71 bits per heavy atom. The minimum Gasteiger partial charge on any atom is -0.245 e. The van der Waals surface area contributed by atoms with Gasteiger partial charge in [0.05, 0.1) is 0 Å². The molecule has 7 heteroatoms. The average Bonchev–Trinajstić information content (AvgIpc) is 1.31. The summed E-state index contributed by atoms with van der Waals surface area (Å²) >= 11 is 0. The van der Waals surface area contributed by atoms with Crippen molar-refractivity contribution in [3.05, 3.63) is 10.1 Å². The molecule has 0 amide bonds. The molecule has 5 nitrogen and oxygen atoms in total. The summed E-state index contributed by atoms with van der Waals surface area (Å²) in [7, 11) is -5.52. The monoisotopic (exact) mass is 129 g/mol. The van der Waals surface area contributed by atoms with Crippen molar-refractivity contribution in [3.63, 3.8) is 0 Å². The van der Waals surface area contributed by atoms with Gasteiger partial charge in [0.2, 0.25) is 0 Å². The molecule has 0 aromatic rings. The molecule has 0 rings (SSSR count). The molecule has 0 aliphatic rings. The molecule has 0 spiro atoms. The zero-order valence-electron chi connectivity index (χ0n) is 2.87. The standard InChI is InChI=1S/FNO4S/c1-7(5,6)2(3)4. The van der Waals surface area contributed by atoms with E-state index in [1.54, 1.807) is 0 Å². The first-order valence-corrected chi connectivity index (χ1v) is 2.38. The van der Waals surface area contributed by atoms with Crippen molar-refractivity contribution < 1.29 is 16.6 Å². The Hall–Kier alpha value is -0.720. The third-order valence-electron chi connectivity index (χ3n) is 0.178. The van der Waals surface area contributed by atoms with Crippen LogP contribution in [0.3, 0.4) is 0 Å². The molecule has 0 N–H and O–H groups in total. The van der Waals surface area contributed by atoms with Crippen LogP contribution in [0, 0.1) is 10.1 Å². The minimum atomic E-state index is -5.52. The Kier molecular flexibility index (Phi) is 1.27. The summed E-state index contributed by atoms with van der Waals surface area (Å²) in [6, 6.07) is 0. The van der Waals surface area contributed by atoms with Crippen molar-refractivity contribution in [1.82, 2.24) is 0 Å².